The molecule has 1 fully saturated rings. The van der Waals surface area contributed by atoms with Gasteiger partial charge in [-0.25, -0.2) is 0 Å². The van der Waals surface area contributed by atoms with Crippen LogP contribution >= 0.6 is 0 Å². The average Bonchev–Trinajstić information content (AvgIpc) is 2.88. The molecule has 0 bridgehead atoms. The van der Waals surface area contributed by atoms with Crippen LogP contribution in [-0.2, 0) is 15.1 Å². The second kappa shape index (κ2) is 5.34. The zero-order valence-corrected chi connectivity index (χ0v) is 11.2. The molecule has 0 aliphatic carbocycles. The van der Waals surface area contributed by atoms with Gasteiger partial charge in [-0.3, -0.25) is 0 Å². The van der Waals surface area contributed by atoms with Crippen LogP contribution in [0.1, 0.15) is 44.4 Å². The van der Waals surface area contributed by atoms with Crippen molar-refractivity contribution in [2.24, 2.45) is 11.7 Å². The Morgan fingerprint density at radius 3 is 2.56 bits per heavy atom. The van der Waals surface area contributed by atoms with Gasteiger partial charge in [0.05, 0.1) is 6.04 Å². The van der Waals surface area contributed by atoms with Crippen LogP contribution in [0.4, 0.5) is 0 Å². The molecule has 0 radical (unpaired) electrons. The number of hydrogen-bond acceptors (Lipinski definition) is 6. The van der Waals surface area contributed by atoms with Crippen LogP contribution in [0, 0.1) is 5.92 Å². The van der Waals surface area contributed by atoms with Crippen LogP contribution in [0.15, 0.2) is 4.52 Å². The largest absolute Gasteiger partial charge is 0.381 e. The molecule has 0 spiro atoms. The van der Waals surface area contributed by atoms with Crippen molar-refractivity contribution in [3.63, 3.8) is 0 Å². The lowest BCUT2D eigenvalue weighted by Crippen LogP contribution is -2.36. The Labute approximate surface area is 107 Å². The minimum absolute atomic E-state index is 0.236. The number of rotatable bonds is 4. The SMILES string of the molecule is COC1(c2noc([C@H](N)C(C)C)n2)CCOCC1. The lowest BCUT2D eigenvalue weighted by atomic mass is 9.93. The van der Waals surface area contributed by atoms with Gasteiger partial charge in [0.15, 0.2) is 0 Å². The van der Waals surface area contributed by atoms with Crippen molar-refractivity contribution >= 4 is 0 Å². The van der Waals surface area contributed by atoms with Crippen LogP contribution in [0.2, 0.25) is 0 Å². The Balaban J connectivity index is 2.22. The Morgan fingerprint density at radius 2 is 2.00 bits per heavy atom. The Kier molecular flexibility index (Phi) is 3.99. The highest BCUT2D eigenvalue weighted by Crippen LogP contribution is 2.34. The van der Waals surface area contributed by atoms with Crippen LogP contribution < -0.4 is 5.73 Å². The molecule has 0 saturated carbocycles. The molecule has 0 unspecified atom stereocenters. The number of aromatic nitrogens is 2. The molecule has 0 amide bonds. The van der Waals surface area contributed by atoms with E-state index < -0.39 is 5.60 Å². The molecule has 1 aliphatic heterocycles. The van der Waals surface area contributed by atoms with E-state index in [2.05, 4.69) is 10.1 Å². The number of hydrogen-bond donors (Lipinski definition) is 1. The highest BCUT2D eigenvalue weighted by molar-refractivity contribution is 5.04. The van der Waals surface area contributed by atoms with E-state index in [4.69, 9.17) is 19.7 Å². The molecule has 1 aliphatic rings. The molecule has 2 rings (SSSR count). The van der Waals surface area contributed by atoms with E-state index in [9.17, 15) is 0 Å². The number of ether oxygens (including phenoxy) is 2. The molecular formula is C12H21N3O3. The third-order valence-electron chi connectivity index (χ3n) is 3.54. The summed E-state index contributed by atoms with van der Waals surface area (Å²) in [6.45, 7) is 5.34. The molecule has 6 heteroatoms. The first kappa shape index (κ1) is 13.5. The van der Waals surface area contributed by atoms with Gasteiger partial charge in [-0.2, -0.15) is 4.98 Å². The second-order valence-electron chi connectivity index (χ2n) is 5.04. The molecular weight excluding hydrogens is 234 g/mol. The summed E-state index contributed by atoms with van der Waals surface area (Å²) in [6, 6.07) is -0.236. The van der Waals surface area contributed by atoms with E-state index in [1.165, 1.54) is 0 Å². The van der Waals surface area contributed by atoms with Crippen molar-refractivity contribution in [1.29, 1.82) is 0 Å². The summed E-state index contributed by atoms with van der Waals surface area (Å²) in [5, 5.41) is 4.04. The highest BCUT2D eigenvalue weighted by Gasteiger charge is 2.39. The Morgan fingerprint density at radius 1 is 1.33 bits per heavy atom. The molecule has 1 saturated heterocycles. The third kappa shape index (κ3) is 2.41. The summed E-state index contributed by atoms with van der Waals surface area (Å²) >= 11 is 0. The normalized spacial score (nSPS) is 21.2. The molecule has 6 nitrogen and oxygen atoms in total. The predicted molar refractivity (Wildman–Crippen MR) is 64.8 cm³/mol. The maximum atomic E-state index is 6.00. The summed E-state index contributed by atoms with van der Waals surface area (Å²) in [6.07, 6.45) is 1.47. The molecule has 2 N–H and O–H groups in total. The van der Waals surface area contributed by atoms with Gasteiger partial charge in [0.1, 0.15) is 5.60 Å². The fraction of sp³-hybridized carbons (Fsp3) is 0.833. The quantitative estimate of drug-likeness (QED) is 0.875. The van der Waals surface area contributed by atoms with Crippen molar-refractivity contribution in [1.82, 2.24) is 10.1 Å². The first-order chi connectivity index (χ1) is 8.59. The average molecular weight is 255 g/mol. The van der Waals surface area contributed by atoms with Gasteiger partial charge < -0.3 is 19.7 Å². The molecule has 1 aromatic rings. The van der Waals surface area contributed by atoms with Crippen LogP contribution in [0.25, 0.3) is 0 Å². The van der Waals surface area contributed by atoms with Crippen LogP contribution in [0.3, 0.4) is 0 Å². The standard InChI is InChI=1S/C12H21N3O3/c1-8(2)9(13)10-14-11(15-18-10)12(16-3)4-6-17-7-5-12/h8-9H,4-7,13H2,1-3H3/t9-/m1/s1. The monoisotopic (exact) mass is 255 g/mol. The van der Waals surface area contributed by atoms with Crippen LogP contribution in [-0.4, -0.2) is 30.5 Å². The van der Waals surface area contributed by atoms with E-state index in [1.54, 1.807) is 7.11 Å². The van der Waals surface area contributed by atoms with Crippen molar-refractivity contribution in [3.05, 3.63) is 11.7 Å². The minimum atomic E-state index is -0.489. The Bertz CT molecular complexity index is 386. The Hall–Kier alpha value is -0.980. The second-order valence-corrected chi connectivity index (χ2v) is 5.04. The maximum absolute atomic E-state index is 6.00. The molecule has 2 heterocycles. The molecule has 1 atom stereocenters. The van der Waals surface area contributed by atoms with Gasteiger partial charge in [0.25, 0.3) is 0 Å². The van der Waals surface area contributed by atoms with E-state index in [0.717, 1.165) is 12.8 Å². The highest BCUT2D eigenvalue weighted by atomic mass is 16.5. The van der Waals surface area contributed by atoms with Gasteiger partial charge in [-0.1, -0.05) is 19.0 Å². The molecule has 102 valence electrons. The summed E-state index contributed by atoms with van der Waals surface area (Å²) < 4.78 is 16.2. The zero-order chi connectivity index (χ0) is 13.2. The van der Waals surface area contributed by atoms with Crippen molar-refractivity contribution in [2.75, 3.05) is 20.3 Å². The number of nitrogens with zero attached hydrogens (tertiary/aromatic N) is 2. The summed E-state index contributed by atoms with van der Waals surface area (Å²) in [5.41, 5.74) is 5.51. The summed E-state index contributed by atoms with van der Waals surface area (Å²) in [5.74, 6) is 1.31. The molecule has 0 aromatic carbocycles. The lowest BCUT2D eigenvalue weighted by molar-refractivity contribution is -0.101. The van der Waals surface area contributed by atoms with Gasteiger partial charge >= 0.3 is 0 Å². The van der Waals surface area contributed by atoms with Gasteiger partial charge in [0.2, 0.25) is 11.7 Å². The lowest BCUT2D eigenvalue weighted by Gasteiger charge is -2.32. The number of methoxy groups -OCH3 is 1. The fourth-order valence-electron chi connectivity index (χ4n) is 2.06. The van der Waals surface area contributed by atoms with E-state index in [0.29, 0.717) is 24.9 Å². The van der Waals surface area contributed by atoms with Gasteiger partial charge in [-0.05, 0) is 5.92 Å². The van der Waals surface area contributed by atoms with Gasteiger partial charge in [-0.15, -0.1) is 0 Å². The summed E-state index contributed by atoms with van der Waals surface area (Å²) in [4.78, 5) is 4.41. The van der Waals surface area contributed by atoms with Crippen molar-refractivity contribution < 1.29 is 14.0 Å². The minimum Gasteiger partial charge on any atom is -0.381 e. The van der Waals surface area contributed by atoms with E-state index in [-0.39, 0.29) is 12.0 Å². The van der Waals surface area contributed by atoms with Crippen molar-refractivity contribution in [3.8, 4) is 0 Å². The third-order valence-corrected chi connectivity index (χ3v) is 3.54. The fourth-order valence-corrected chi connectivity index (χ4v) is 2.06. The predicted octanol–water partition coefficient (Wildman–Crippen LogP) is 1.38. The van der Waals surface area contributed by atoms with Crippen molar-refractivity contribution in [2.45, 2.75) is 38.3 Å². The van der Waals surface area contributed by atoms with Crippen LogP contribution in [0.5, 0.6) is 0 Å². The van der Waals surface area contributed by atoms with E-state index in [1.807, 2.05) is 13.8 Å². The topological polar surface area (TPSA) is 83.4 Å². The maximum Gasteiger partial charge on any atom is 0.243 e. The smallest absolute Gasteiger partial charge is 0.243 e. The summed E-state index contributed by atoms with van der Waals surface area (Å²) in [7, 11) is 1.67. The first-order valence-electron chi connectivity index (χ1n) is 6.31. The zero-order valence-electron chi connectivity index (χ0n) is 11.2. The number of nitrogens with two attached hydrogens (primary N) is 1. The molecule has 1 aromatic heterocycles. The first-order valence-corrected chi connectivity index (χ1v) is 6.31. The molecule has 18 heavy (non-hydrogen) atoms. The van der Waals surface area contributed by atoms with Gasteiger partial charge in [0, 0.05) is 33.2 Å². The van der Waals surface area contributed by atoms with E-state index >= 15 is 0 Å².